The maximum absolute atomic E-state index is 13.3. The largest absolute Gasteiger partial charge is 0.391 e. The maximum Gasteiger partial charge on any atom is 0.227 e. The predicted molar refractivity (Wildman–Crippen MR) is 97.6 cm³/mol. The number of halogens is 1. The number of aliphatic hydroxyl groups is 1. The molecule has 7 nitrogen and oxygen atoms in total. The summed E-state index contributed by atoms with van der Waals surface area (Å²) in [6, 6.07) is 6.35. The smallest absolute Gasteiger partial charge is 0.227 e. The number of benzene rings is 1. The lowest BCUT2D eigenvalue weighted by atomic mass is 10.1. The van der Waals surface area contributed by atoms with Crippen LogP contribution in [0.15, 0.2) is 30.5 Å². The normalized spacial score (nSPS) is 17.7. The number of rotatable bonds is 4. The van der Waals surface area contributed by atoms with E-state index in [9.17, 15) is 9.50 Å². The molecule has 1 saturated heterocycles. The second-order valence-electron chi connectivity index (χ2n) is 6.66. The molecule has 0 radical (unpaired) electrons. The van der Waals surface area contributed by atoms with E-state index in [4.69, 9.17) is 0 Å². The van der Waals surface area contributed by atoms with Gasteiger partial charge in [0.2, 0.25) is 5.95 Å². The summed E-state index contributed by atoms with van der Waals surface area (Å²) in [5, 5.41) is 9.87. The zero-order valence-electron chi connectivity index (χ0n) is 14.6. The Morgan fingerprint density at radius 2 is 2.23 bits per heavy atom. The zero-order chi connectivity index (χ0) is 18.1. The van der Waals surface area contributed by atoms with Crippen LogP contribution in [0.5, 0.6) is 0 Å². The summed E-state index contributed by atoms with van der Waals surface area (Å²) in [5.74, 6) is 1.82. The molecule has 136 valence electrons. The molecule has 26 heavy (non-hydrogen) atoms. The third kappa shape index (κ3) is 3.45. The van der Waals surface area contributed by atoms with Gasteiger partial charge in [-0.1, -0.05) is 0 Å². The van der Waals surface area contributed by atoms with Gasteiger partial charge in [-0.05, 0) is 37.1 Å². The van der Waals surface area contributed by atoms with Gasteiger partial charge in [0.05, 0.1) is 23.7 Å². The number of aromatic amines is 1. The number of aromatic nitrogens is 4. The molecular formula is C18H21FN6O. The molecule has 1 aromatic carbocycles. The molecule has 0 amide bonds. The highest BCUT2D eigenvalue weighted by Crippen LogP contribution is 2.20. The molecule has 1 atom stereocenters. The SMILES string of the molecule is CN(Cc1nc2ccc(F)cc2[nH]1)c1nccc(N2CCCC(O)C2)n1. The highest BCUT2D eigenvalue weighted by Gasteiger charge is 2.20. The minimum atomic E-state index is -0.309. The van der Waals surface area contributed by atoms with Crippen LogP contribution < -0.4 is 9.80 Å². The van der Waals surface area contributed by atoms with E-state index in [-0.39, 0.29) is 11.9 Å². The molecule has 2 aromatic heterocycles. The number of nitrogens with zero attached hydrogens (tertiary/aromatic N) is 5. The van der Waals surface area contributed by atoms with Crippen molar-refractivity contribution in [1.82, 2.24) is 19.9 Å². The van der Waals surface area contributed by atoms with Gasteiger partial charge in [-0.3, -0.25) is 0 Å². The Labute approximate surface area is 150 Å². The van der Waals surface area contributed by atoms with Crippen LogP contribution in [0, 0.1) is 5.82 Å². The average molecular weight is 356 g/mol. The zero-order valence-corrected chi connectivity index (χ0v) is 14.6. The van der Waals surface area contributed by atoms with Crippen LogP contribution in [0.2, 0.25) is 0 Å². The number of hydrogen-bond donors (Lipinski definition) is 2. The predicted octanol–water partition coefficient (Wildman–Crippen LogP) is 2.09. The van der Waals surface area contributed by atoms with Crippen molar-refractivity contribution in [1.29, 1.82) is 0 Å². The van der Waals surface area contributed by atoms with Gasteiger partial charge in [0, 0.05) is 26.3 Å². The fraction of sp³-hybridized carbons (Fsp3) is 0.389. The lowest BCUT2D eigenvalue weighted by Crippen LogP contribution is -2.38. The summed E-state index contributed by atoms with van der Waals surface area (Å²) in [6.45, 7) is 1.95. The van der Waals surface area contributed by atoms with Gasteiger partial charge in [-0.2, -0.15) is 4.98 Å². The van der Waals surface area contributed by atoms with Gasteiger partial charge in [0.15, 0.2) is 0 Å². The van der Waals surface area contributed by atoms with Crippen molar-refractivity contribution in [2.45, 2.75) is 25.5 Å². The number of aliphatic hydroxyl groups excluding tert-OH is 1. The van der Waals surface area contributed by atoms with Gasteiger partial charge in [0.1, 0.15) is 17.5 Å². The number of anilines is 2. The summed E-state index contributed by atoms with van der Waals surface area (Å²) in [5.41, 5.74) is 1.40. The van der Waals surface area contributed by atoms with Gasteiger partial charge >= 0.3 is 0 Å². The van der Waals surface area contributed by atoms with Crippen LogP contribution in [0.3, 0.4) is 0 Å². The van der Waals surface area contributed by atoms with Gasteiger partial charge in [-0.25, -0.2) is 14.4 Å². The number of hydrogen-bond acceptors (Lipinski definition) is 6. The Morgan fingerprint density at radius 1 is 1.35 bits per heavy atom. The molecule has 0 spiro atoms. The first kappa shape index (κ1) is 16.7. The van der Waals surface area contributed by atoms with E-state index in [0.717, 1.165) is 36.5 Å². The molecule has 1 fully saturated rings. The van der Waals surface area contributed by atoms with Crippen molar-refractivity contribution in [3.05, 3.63) is 42.1 Å². The number of β-amino-alcohol motifs (C(OH)–C–C–N with tert-alkyl or cyclic N) is 1. The summed E-state index contributed by atoms with van der Waals surface area (Å²) < 4.78 is 13.3. The van der Waals surface area contributed by atoms with Crippen molar-refractivity contribution in [2.24, 2.45) is 0 Å². The summed E-state index contributed by atoms with van der Waals surface area (Å²) in [7, 11) is 1.89. The molecule has 1 aliphatic heterocycles. The van der Waals surface area contributed by atoms with Gasteiger partial charge in [-0.15, -0.1) is 0 Å². The fourth-order valence-electron chi connectivity index (χ4n) is 3.27. The number of nitrogens with one attached hydrogen (secondary N) is 1. The van der Waals surface area contributed by atoms with Crippen molar-refractivity contribution in [3.8, 4) is 0 Å². The second kappa shape index (κ2) is 6.87. The number of imidazole rings is 1. The number of H-pyrrole nitrogens is 1. The quantitative estimate of drug-likeness (QED) is 0.745. The molecule has 3 heterocycles. The van der Waals surface area contributed by atoms with Crippen molar-refractivity contribution in [3.63, 3.8) is 0 Å². The van der Waals surface area contributed by atoms with Crippen LogP contribution in [-0.4, -0.2) is 51.3 Å². The Bertz CT molecular complexity index is 914. The molecule has 0 aliphatic carbocycles. The topological polar surface area (TPSA) is 81.2 Å². The van der Waals surface area contributed by atoms with E-state index < -0.39 is 0 Å². The Morgan fingerprint density at radius 3 is 3.08 bits per heavy atom. The summed E-state index contributed by atoms with van der Waals surface area (Å²) >= 11 is 0. The molecule has 2 N–H and O–H groups in total. The monoisotopic (exact) mass is 356 g/mol. The minimum absolute atomic E-state index is 0.291. The van der Waals surface area contributed by atoms with E-state index in [0.29, 0.717) is 24.6 Å². The molecular weight excluding hydrogens is 335 g/mol. The number of fused-ring (bicyclic) bond motifs is 1. The van der Waals surface area contributed by atoms with Crippen LogP contribution >= 0.6 is 0 Å². The molecule has 3 aromatic rings. The third-order valence-corrected chi connectivity index (χ3v) is 4.57. The van der Waals surface area contributed by atoms with Crippen molar-refractivity contribution in [2.75, 3.05) is 29.9 Å². The molecule has 4 rings (SSSR count). The van der Waals surface area contributed by atoms with Gasteiger partial charge in [0.25, 0.3) is 0 Å². The lowest BCUT2D eigenvalue weighted by Gasteiger charge is -2.31. The molecule has 0 bridgehead atoms. The van der Waals surface area contributed by atoms with E-state index in [2.05, 4.69) is 24.8 Å². The van der Waals surface area contributed by atoms with E-state index in [1.807, 2.05) is 18.0 Å². The van der Waals surface area contributed by atoms with Crippen LogP contribution in [0.1, 0.15) is 18.7 Å². The minimum Gasteiger partial charge on any atom is -0.391 e. The van der Waals surface area contributed by atoms with Gasteiger partial charge < -0.3 is 19.9 Å². The maximum atomic E-state index is 13.3. The Hall–Kier alpha value is -2.74. The second-order valence-corrected chi connectivity index (χ2v) is 6.66. The Kier molecular flexibility index (Phi) is 4.42. The summed E-state index contributed by atoms with van der Waals surface area (Å²) in [4.78, 5) is 20.5. The lowest BCUT2D eigenvalue weighted by molar-refractivity contribution is 0.154. The molecule has 1 aliphatic rings. The van der Waals surface area contributed by atoms with Crippen LogP contribution in [-0.2, 0) is 6.54 Å². The third-order valence-electron chi connectivity index (χ3n) is 4.57. The first-order valence-electron chi connectivity index (χ1n) is 8.70. The molecule has 0 saturated carbocycles. The average Bonchev–Trinajstić information content (AvgIpc) is 3.03. The molecule has 8 heteroatoms. The first-order chi connectivity index (χ1) is 12.6. The van der Waals surface area contributed by atoms with Crippen molar-refractivity contribution >= 4 is 22.8 Å². The Balaban J connectivity index is 1.52. The highest BCUT2D eigenvalue weighted by molar-refractivity contribution is 5.75. The first-order valence-corrected chi connectivity index (χ1v) is 8.70. The highest BCUT2D eigenvalue weighted by atomic mass is 19.1. The molecule has 1 unspecified atom stereocenters. The van der Waals surface area contributed by atoms with E-state index >= 15 is 0 Å². The van der Waals surface area contributed by atoms with Crippen LogP contribution in [0.25, 0.3) is 11.0 Å². The summed E-state index contributed by atoms with van der Waals surface area (Å²) in [6.07, 6.45) is 3.20. The van der Waals surface area contributed by atoms with Crippen LogP contribution in [0.4, 0.5) is 16.2 Å². The van der Waals surface area contributed by atoms with E-state index in [1.165, 1.54) is 12.1 Å². The van der Waals surface area contributed by atoms with E-state index in [1.54, 1.807) is 12.3 Å². The fourth-order valence-corrected chi connectivity index (χ4v) is 3.27. The number of piperidine rings is 1. The van der Waals surface area contributed by atoms with Crippen molar-refractivity contribution < 1.29 is 9.50 Å². The standard InChI is InChI=1S/C18H21FN6O/c1-24(11-16-21-14-5-4-12(19)9-15(14)22-16)18-20-7-6-17(23-18)25-8-2-3-13(26)10-25/h4-7,9,13,26H,2-3,8,10-11H2,1H3,(H,21,22).